The SMILES string of the molecule is N#Cc1c2c(cc3nc(-c4cccc(-c5ccc(OCCN=O)cc5)c4Cl)oc13)CCC2. The fourth-order valence-corrected chi connectivity index (χ4v) is 4.52. The van der Waals surface area contributed by atoms with Crippen molar-refractivity contribution < 1.29 is 9.15 Å². The normalized spacial score (nSPS) is 12.5. The first-order chi connectivity index (χ1) is 15.7. The van der Waals surface area contributed by atoms with Gasteiger partial charge in [0.1, 0.15) is 36.1 Å². The number of nitriles is 1. The molecule has 1 heterocycles. The van der Waals surface area contributed by atoms with Crippen molar-refractivity contribution in [1.29, 1.82) is 5.26 Å². The average molecular weight is 444 g/mol. The van der Waals surface area contributed by atoms with E-state index >= 15 is 0 Å². The Morgan fingerprint density at radius 2 is 1.97 bits per heavy atom. The molecule has 0 saturated carbocycles. The van der Waals surface area contributed by atoms with Crippen LogP contribution in [0.25, 0.3) is 33.7 Å². The van der Waals surface area contributed by atoms with Crippen molar-refractivity contribution in [2.24, 2.45) is 5.18 Å². The third-order valence-corrected chi connectivity index (χ3v) is 6.12. The summed E-state index contributed by atoms with van der Waals surface area (Å²) >= 11 is 6.78. The number of benzene rings is 3. The molecule has 7 heteroatoms. The maximum absolute atomic E-state index is 10.2. The molecule has 5 rings (SSSR count). The average Bonchev–Trinajstić information content (AvgIpc) is 3.45. The number of hydrogen-bond acceptors (Lipinski definition) is 6. The summed E-state index contributed by atoms with van der Waals surface area (Å²) in [5.41, 5.74) is 6.46. The Kier molecular flexibility index (Phi) is 5.34. The molecule has 32 heavy (non-hydrogen) atoms. The first-order valence-corrected chi connectivity index (χ1v) is 10.7. The minimum absolute atomic E-state index is 0.108. The zero-order valence-corrected chi connectivity index (χ0v) is 17.9. The van der Waals surface area contributed by atoms with Crippen LogP contribution in [0.4, 0.5) is 0 Å². The van der Waals surface area contributed by atoms with Crippen LogP contribution in [0, 0.1) is 16.2 Å². The smallest absolute Gasteiger partial charge is 0.228 e. The summed E-state index contributed by atoms with van der Waals surface area (Å²) in [5, 5.41) is 13.0. The van der Waals surface area contributed by atoms with E-state index in [-0.39, 0.29) is 13.2 Å². The Bertz CT molecular complexity index is 1370. The second-order valence-electron chi connectivity index (χ2n) is 7.61. The molecule has 1 aliphatic rings. The molecule has 0 radical (unpaired) electrons. The molecule has 1 aliphatic carbocycles. The lowest BCUT2D eigenvalue weighted by Crippen LogP contribution is -1.99. The minimum atomic E-state index is 0.108. The second-order valence-corrected chi connectivity index (χ2v) is 7.99. The second kappa shape index (κ2) is 8.45. The van der Waals surface area contributed by atoms with Gasteiger partial charge < -0.3 is 9.15 Å². The van der Waals surface area contributed by atoms with Gasteiger partial charge in [0.15, 0.2) is 5.58 Å². The van der Waals surface area contributed by atoms with E-state index in [0.29, 0.717) is 38.9 Å². The number of aromatic nitrogens is 1. The maximum Gasteiger partial charge on any atom is 0.228 e. The summed E-state index contributed by atoms with van der Waals surface area (Å²) in [5.74, 6) is 1.05. The zero-order chi connectivity index (χ0) is 22.1. The van der Waals surface area contributed by atoms with Crippen LogP contribution in [0.3, 0.4) is 0 Å². The molecule has 0 spiro atoms. The Balaban J connectivity index is 1.52. The monoisotopic (exact) mass is 443 g/mol. The molecule has 0 fully saturated rings. The van der Waals surface area contributed by atoms with E-state index < -0.39 is 0 Å². The summed E-state index contributed by atoms with van der Waals surface area (Å²) in [4.78, 5) is 14.9. The number of aryl methyl sites for hydroxylation is 1. The number of fused-ring (bicyclic) bond motifs is 2. The molecule has 0 unspecified atom stereocenters. The highest BCUT2D eigenvalue weighted by molar-refractivity contribution is 6.36. The van der Waals surface area contributed by atoms with E-state index in [1.165, 1.54) is 5.56 Å². The Labute approximate surface area is 189 Å². The molecular formula is C25H18ClN3O3. The molecule has 158 valence electrons. The van der Waals surface area contributed by atoms with Crippen LogP contribution in [0.1, 0.15) is 23.1 Å². The summed E-state index contributed by atoms with van der Waals surface area (Å²) in [6, 6.07) is 17.5. The molecule has 0 bridgehead atoms. The highest BCUT2D eigenvalue weighted by Crippen LogP contribution is 2.39. The first-order valence-electron chi connectivity index (χ1n) is 10.4. The van der Waals surface area contributed by atoms with Gasteiger partial charge in [-0.05, 0) is 60.2 Å². The van der Waals surface area contributed by atoms with Crippen molar-refractivity contribution in [2.45, 2.75) is 19.3 Å². The molecular weight excluding hydrogens is 426 g/mol. The van der Waals surface area contributed by atoms with Crippen LogP contribution < -0.4 is 4.74 Å². The number of ether oxygens (including phenoxy) is 1. The predicted octanol–water partition coefficient (Wildman–Crippen LogP) is 6.32. The summed E-state index contributed by atoms with van der Waals surface area (Å²) in [6.07, 6.45) is 2.91. The van der Waals surface area contributed by atoms with Crippen LogP contribution in [0.15, 0.2) is 58.1 Å². The quantitative estimate of drug-likeness (QED) is 0.257. The molecule has 0 N–H and O–H groups in total. The lowest BCUT2D eigenvalue weighted by atomic mass is 10.0. The Morgan fingerprint density at radius 3 is 2.75 bits per heavy atom. The van der Waals surface area contributed by atoms with Crippen LogP contribution in [-0.2, 0) is 12.8 Å². The minimum Gasteiger partial charge on any atom is -0.492 e. The fraction of sp³-hybridized carbons (Fsp3) is 0.200. The maximum atomic E-state index is 10.2. The molecule has 0 saturated heterocycles. The van der Waals surface area contributed by atoms with Crippen LogP contribution in [0.5, 0.6) is 5.75 Å². The molecule has 6 nitrogen and oxygen atoms in total. The number of nitroso groups, excluding NO2 is 1. The number of halogens is 1. The standard InChI is InChI=1S/C25H18ClN3O3/c26-23-19(15-7-9-17(10-8-15)31-12-11-28-30)5-2-6-20(23)25-29-22-13-16-3-1-4-18(16)21(14-27)24(22)32-25/h2,5-10,13H,1,3-4,11-12H2. The molecule has 3 aromatic carbocycles. The van der Waals surface area contributed by atoms with E-state index in [1.807, 2.05) is 48.5 Å². The lowest BCUT2D eigenvalue weighted by molar-refractivity contribution is 0.328. The topological polar surface area (TPSA) is 88.5 Å². The van der Waals surface area contributed by atoms with Crippen LogP contribution >= 0.6 is 11.6 Å². The number of hydrogen-bond donors (Lipinski definition) is 0. The van der Waals surface area contributed by atoms with Crippen molar-refractivity contribution >= 4 is 22.7 Å². The van der Waals surface area contributed by atoms with Gasteiger partial charge in [-0.3, -0.25) is 0 Å². The number of rotatable bonds is 6. The zero-order valence-electron chi connectivity index (χ0n) is 17.1. The Hall–Kier alpha value is -3.69. The third-order valence-electron chi connectivity index (χ3n) is 5.71. The third kappa shape index (κ3) is 3.51. The Morgan fingerprint density at radius 1 is 1.16 bits per heavy atom. The molecule has 0 atom stereocenters. The number of oxazole rings is 1. The van der Waals surface area contributed by atoms with Crippen molar-refractivity contribution in [2.75, 3.05) is 13.2 Å². The van der Waals surface area contributed by atoms with Gasteiger partial charge in [0.05, 0.1) is 10.6 Å². The largest absolute Gasteiger partial charge is 0.492 e. The molecule has 4 aromatic rings. The van der Waals surface area contributed by atoms with Crippen molar-refractivity contribution in [1.82, 2.24) is 4.98 Å². The van der Waals surface area contributed by atoms with E-state index in [2.05, 4.69) is 16.2 Å². The van der Waals surface area contributed by atoms with E-state index in [1.54, 1.807) is 0 Å². The predicted molar refractivity (Wildman–Crippen MR) is 123 cm³/mol. The van der Waals surface area contributed by atoms with Crippen molar-refractivity contribution in [3.8, 4) is 34.4 Å². The van der Waals surface area contributed by atoms with Crippen LogP contribution in [0.2, 0.25) is 5.02 Å². The van der Waals surface area contributed by atoms with Gasteiger partial charge in [-0.25, -0.2) is 4.98 Å². The highest BCUT2D eigenvalue weighted by atomic mass is 35.5. The summed E-state index contributed by atoms with van der Waals surface area (Å²) in [7, 11) is 0. The number of nitrogens with zero attached hydrogens (tertiary/aromatic N) is 3. The van der Waals surface area contributed by atoms with Gasteiger partial charge in [0.2, 0.25) is 5.89 Å². The molecule has 0 aliphatic heterocycles. The van der Waals surface area contributed by atoms with Gasteiger partial charge in [-0.15, -0.1) is 0 Å². The lowest BCUT2D eigenvalue weighted by Gasteiger charge is -2.09. The van der Waals surface area contributed by atoms with Crippen molar-refractivity contribution in [3.05, 3.63) is 75.2 Å². The van der Waals surface area contributed by atoms with Crippen molar-refractivity contribution in [3.63, 3.8) is 0 Å². The van der Waals surface area contributed by atoms with E-state index in [0.717, 1.165) is 36.0 Å². The van der Waals surface area contributed by atoms with Gasteiger partial charge in [0.25, 0.3) is 0 Å². The summed E-state index contributed by atoms with van der Waals surface area (Å²) < 4.78 is 11.5. The van der Waals surface area contributed by atoms with Gasteiger partial charge in [0, 0.05) is 5.56 Å². The van der Waals surface area contributed by atoms with E-state index in [9.17, 15) is 10.2 Å². The first kappa shape index (κ1) is 20.2. The van der Waals surface area contributed by atoms with E-state index in [4.69, 9.17) is 20.8 Å². The van der Waals surface area contributed by atoms with Gasteiger partial charge in [-0.1, -0.05) is 41.0 Å². The molecule has 0 amide bonds. The van der Waals surface area contributed by atoms with Crippen LogP contribution in [-0.4, -0.2) is 18.1 Å². The van der Waals surface area contributed by atoms with Gasteiger partial charge >= 0.3 is 0 Å². The summed E-state index contributed by atoms with van der Waals surface area (Å²) in [6.45, 7) is 0.349. The fourth-order valence-electron chi connectivity index (χ4n) is 4.21. The highest BCUT2D eigenvalue weighted by Gasteiger charge is 2.23. The van der Waals surface area contributed by atoms with Gasteiger partial charge in [-0.2, -0.15) is 10.2 Å². The molecule has 1 aromatic heterocycles.